The third-order valence-electron chi connectivity index (χ3n) is 6.04. The normalized spacial score (nSPS) is 23.7. The summed E-state index contributed by atoms with van der Waals surface area (Å²) in [5.41, 5.74) is 6.07. The summed E-state index contributed by atoms with van der Waals surface area (Å²) >= 11 is 0. The molecule has 0 heteroatoms. The predicted octanol–water partition coefficient (Wildman–Crippen LogP) is 6.28. The Morgan fingerprint density at radius 1 is 0.792 bits per heavy atom. The lowest BCUT2D eigenvalue weighted by molar-refractivity contribution is 0.382. The minimum atomic E-state index is 0.165. The fourth-order valence-electron chi connectivity index (χ4n) is 4.47. The Balaban J connectivity index is 1.81. The first-order valence-electron chi connectivity index (χ1n) is 8.89. The maximum Gasteiger partial charge on any atom is 0.0101 e. The zero-order valence-electron chi connectivity index (χ0n) is 14.4. The van der Waals surface area contributed by atoms with E-state index in [1.165, 1.54) is 28.7 Å². The monoisotopic (exact) mass is 312 g/mol. The third-order valence-corrected chi connectivity index (χ3v) is 6.04. The fraction of sp³-hybridized carbons (Fsp3) is 0.250. The number of fused-ring (bicyclic) bond motifs is 1. The summed E-state index contributed by atoms with van der Waals surface area (Å²) < 4.78 is 0. The van der Waals surface area contributed by atoms with E-state index in [2.05, 4.69) is 98.8 Å². The van der Waals surface area contributed by atoms with Gasteiger partial charge in [0.25, 0.3) is 0 Å². The zero-order valence-corrected chi connectivity index (χ0v) is 14.4. The molecule has 0 saturated heterocycles. The van der Waals surface area contributed by atoms with Crippen LogP contribution in [0.5, 0.6) is 0 Å². The summed E-state index contributed by atoms with van der Waals surface area (Å²) in [6.45, 7) is 4.84. The van der Waals surface area contributed by atoms with Gasteiger partial charge in [0.15, 0.2) is 0 Å². The van der Waals surface area contributed by atoms with E-state index in [-0.39, 0.29) is 5.41 Å². The molecule has 0 bridgehead atoms. The Labute approximate surface area is 145 Å². The highest BCUT2D eigenvalue weighted by Gasteiger charge is 2.44. The van der Waals surface area contributed by atoms with E-state index < -0.39 is 0 Å². The maximum absolute atomic E-state index is 2.45. The molecule has 0 nitrogen and oxygen atoms in total. The summed E-state index contributed by atoms with van der Waals surface area (Å²) in [6, 6.07) is 31.0. The van der Waals surface area contributed by atoms with E-state index in [0.717, 1.165) is 0 Å². The summed E-state index contributed by atoms with van der Waals surface area (Å²) in [5, 5.41) is 0. The van der Waals surface area contributed by atoms with Gasteiger partial charge in [-0.25, -0.2) is 0 Å². The largest absolute Gasteiger partial charge is 0.0622 e. The minimum Gasteiger partial charge on any atom is -0.0622 e. The van der Waals surface area contributed by atoms with Crippen molar-refractivity contribution < 1.29 is 0 Å². The first-order chi connectivity index (χ1) is 11.7. The molecule has 4 rings (SSSR count). The van der Waals surface area contributed by atoms with Gasteiger partial charge in [0, 0.05) is 11.3 Å². The molecular weight excluding hydrogens is 288 g/mol. The van der Waals surface area contributed by atoms with E-state index in [1.807, 2.05) is 0 Å². The van der Waals surface area contributed by atoms with Crippen LogP contribution in [0.15, 0.2) is 84.9 Å². The second-order valence-corrected chi connectivity index (χ2v) is 7.30. The van der Waals surface area contributed by atoms with E-state index in [4.69, 9.17) is 0 Å². The molecule has 24 heavy (non-hydrogen) atoms. The molecule has 0 aromatic heterocycles. The molecule has 1 aliphatic carbocycles. The first-order valence-corrected chi connectivity index (χ1v) is 8.89. The van der Waals surface area contributed by atoms with E-state index >= 15 is 0 Å². The highest BCUT2D eigenvalue weighted by molar-refractivity contribution is 5.49. The first kappa shape index (κ1) is 15.2. The maximum atomic E-state index is 2.45. The Morgan fingerprint density at radius 2 is 1.38 bits per heavy atom. The summed E-state index contributed by atoms with van der Waals surface area (Å²) in [5.74, 6) is 0.993. The molecule has 0 amide bonds. The van der Waals surface area contributed by atoms with Crippen molar-refractivity contribution in [3.8, 4) is 0 Å². The quantitative estimate of drug-likeness (QED) is 0.533. The number of rotatable bonds is 3. The van der Waals surface area contributed by atoms with Crippen LogP contribution in [-0.4, -0.2) is 0 Å². The number of hydrogen-bond donors (Lipinski definition) is 0. The topological polar surface area (TPSA) is 0 Å². The van der Waals surface area contributed by atoms with Crippen LogP contribution < -0.4 is 0 Å². The Morgan fingerprint density at radius 3 is 2.08 bits per heavy atom. The van der Waals surface area contributed by atoms with Crippen molar-refractivity contribution in [2.45, 2.75) is 37.5 Å². The Bertz CT molecular complexity index is 819. The minimum absolute atomic E-state index is 0.165. The van der Waals surface area contributed by atoms with Gasteiger partial charge in [0.1, 0.15) is 0 Å². The molecule has 3 atom stereocenters. The number of benzene rings is 3. The average molecular weight is 312 g/mol. The standard InChI is InChI=1S/C24H24/c1-18(19-11-5-3-6-12-19)24(2)17-22(20-13-7-4-8-14-20)21-15-9-10-16-23(21)24/h3-16,18,22H,17H2,1-2H3. The highest BCUT2D eigenvalue weighted by Crippen LogP contribution is 2.54. The molecular formula is C24H24. The molecule has 0 N–H and O–H groups in total. The van der Waals surface area contributed by atoms with Crippen LogP contribution in [0.1, 0.15) is 54.4 Å². The van der Waals surface area contributed by atoms with Gasteiger partial charge in [-0.05, 0) is 34.6 Å². The van der Waals surface area contributed by atoms with Crippen molar-refractivity contribution in [3.63, 3.8) is 0 Å². The van der Waals surface area contributed by atoms with Crippen LogP contribution in [0.3, 0.4) is 0 Å². The molecule has 120 valence electrons. The lowest BCUT2D eigenvalue weighted by Gasteiger charge is -2.33. The van der Waals surface area contributed by atoms with Gasteiger partial charge in [-0.2, -0.15) is 0 Å². The molecule has 3 aromatic rings. The second-order valence-electron chi connectivity index (χ2n) is 7.30. The number of hydrogen-bond acceptors (Lipinski definition) is 0. The molecule has 3 aromatic carbocycles. The van der Waals surface area contributed by atoms with Crippen molar-refractivity contribution in [2.75, 3.05) is 0 Å². The van der Waals surface area contributed by atoms with Crippen LogP contribution >= 0.6 is 0 Å². The van der Waals surface area contributed by atoms with Gasteiger partial charge in [0.05, 0.1) is 0 Å². The van der Waals surface area contributed by atoms with Gasteiger partial charge < -0.3 is 0 Å². The van der Waals surface area contributed by atoms with E-state index in [9.17, 15) is 0 Å². The summed E-state index contributed by atoms with van der Waals surface area (Å²) in [4.78, 5) is 0. The smallest absolute Gasteiger partial charge is 0.0101 e. The lowest BCUT2D eigenvalue weighted by atomic mass is 9.70. The van der Waals surface area contributed by atoms with Gasteiger partial charge in [0.2, 0.25) is 0 Å². The van der Waals surface area contributed by atoms with Crippen molar-refractivity contribution in [2.24, 2.45) is 0 Å². The van der Waals surface area contributed by atoms with Crippen molar-refractivity contribution in [1.82, 2.24) is 0 Å². The van der Waals surface area contributed by atoms with Crippen LogP contribution in [0, 0.1) is 0 Å². The molecule has 0 aliphatic heterocycles. The Hall–Kier alpha value is -2.34. The third kappa shape index (κ3) is 2.38. The van der Waals surface area contributed by atoms with Crippen LogP contribution in [0.25, 0.3) is 0 Å². The Kier molecular flexibility index (Phi) is 3.76. The molecule has 0 saturated carbocycles. The molecule has 0 spiro atoms. The van der Waals surface area contributed by atoms with Crippen LogP contribution in [-0.2, 0) is 5.41 Å². The summed E-state index contributed by atoms with van der Waals surface area (Å²) in [7, 11) is 0. The summed E-state index contributed by atoms with van der Waals surface area (Å²) in [6.07, 6.45) is 1.17. The van der Waals surface area contributed by atoms with Crippen LogP contribution in [0.2, 0.25) is 0 Å². The van der Waals surface area contributed by atoms with Crippen molar-refractivity contribution in [3.05, 3.63) is 107 Å². The van der Waals surface area contributed by atoms with Crippen molar-refractivity contribution >= 4 is 0 Å². The van der Waals surface area contributed by atoms with Crippen LogP contribution in [0.4, 0.5) is 0 Å². The molecule has 0 radical (unpaired) electrons. The highest BCUT2D eigenvalue weighted by atomic mass is 14.5. The molecule has 0 heterocycles. The fourth-order valence-corrected chi connectivity index (χ4v) is 4.47. The second kappa shape index (κ2) is 5.94. The molecule has 1 aliphatic rings. The molecule has 0 fully saturated rings. The molecule has 3 unspecified atom stereocenters. The van der Waals surface area contributed by atoms with E-state index in [0.29, 0.717) is 11.8 Å². The van der Waals surface area contributed by atoms with Gasteiger partial charge >= 0.3 is 0 Å². The SMILES string of the molecule is CC(c1ccccc1)C1(C)CC(c2ccccc2)c2ccccc21. The lowest BCUT2D eigenvalue weighted by Crippen LogP contribution is -2.26. The van der Waals surface area contributed by atoms with Gasteiger partial charge in [-0.15, -0.1) is 0 Å². The van der Waals surface area contributed by atoms with E-state index in [1.54, 1.807) is 0 Å². The van der Waals surface area contributed by atoms with Gasteiger partial charge in [-0.1, -0.05) is 98.8 Å². The van der Waals surface area contributed by atoms with Gasteiger partial charge in [-0.3, -0.25) is 0 Å². The average Bonchev–Trinajstić information content (AvgIpc) is 2.97. The predicted molar refractivity (Wildman–Crippen MR) is 102 cm³/mol. The van der Waals surface area contributed by atoms with Crippen molar-refractivity contribution in [1.29, 1.82) is 0 Å². The zero-order chi connectivity index (χ0) is 16.6.